The lowest BCUT2D eigenvalue weighted by Gasteiger charge is -2.36. The molecule has 2 aliphatic heterocycles. The van der Waals surface area contributed by atoms with Gasteiger partial charge in [-0.15, -0.1) is 0 Å². The number of likely N-dealkylation sites (tertiary alicyclic amines) is 2. The van der Waals surface area contributed by atoms with E-state index in [1.165, 1.54) is 4.90 Å². The largest absolute Gasteiger partial charge is 0.444 e. The predicted molar refractivity (Wildman–Crippen MR) is 188 cm³/mol. The molecule has 0 unspecified atom stereocenters. The number of nitrogens with one attached hydrogen (secondary N) is 2. The molecule has 3 N–H and O–H groups in total. The van der Waals surface area contributed by atoms with Gasteiger partial charge >= 0.3 is 6.09 Å². The highest BCUT2D eigenvalue weighted by atomic mass is 35.5. The third-order valence-corrected chi connectivity index (χ3v) is 9.11. The molecule has 0 radical (unpaired) electrons. The molecule has 0 aliphatic carbocycles. The smallest absolute Gasteiger partial charge is 0.410 e. The minimum absolute atomic E-state index is 0.0208. The number of hydrogen-bond acceptors (Lipinski definition) is 7. The Morgan fingerprint density at radius 2 is 1.59 bits per heavy atom. The summed E-state index contributed by atoms with van der Waals surface area (Å²) in [5, 5.41) is 17.0. The highest BCUT2D eigenvalue weighted by molar-refractivity contribution is 6.33. The molecule has 0 aromatic heterocycles. The van der Waals surface area contributed by atoms with Crippen molar-refractivity contribution < 1.29 is 33.8 Å². The highest BCUT2D eigenvalue weighted by Gasteiger charge is 2.44. The molecule has 4 rings (SSSR count). The Bertz CT molecular complexity index is 1480. The van der Waals surface area contributed by atoms with Crippen molar-refractivity contribution in [1.29, 1.82) is 0 Å². The summed E-state index contributed by atoms with van der Waals surface area (Å²) in [6, 6.07) is 13.1. The normalized spacial score (nSPS) is 20.0. The van der Waals surface area contributed by atoms with Gasteiger partial charge in [0, 0.05) is 36.6 Å². The van der Waals surface area contributed by atoms with Crippen molar-refractivity contribution in [3.8, 4) is 11.1 Å². The van der Waals surface area contributed by atoms with Crippen LogP contribution in [0.15, 0.2) is 48.5 Å². The number of nitrogens with zero attached hydrogens (tertiary/aromatic N) is 2. The van der Waals surface area contributed by atoms with Crippen LogP contribution in [-0.2, 0) is 23.9 Å². The molecule has 268 valence electrons. The first kappa shape index (κ1) is 38.1. The second-order valence-corrected chi connectivity index (χ2v) is 15.5. The number of rotatable bonds is 9. The van der Waals surface area contributed by atoms with Gasteiger partial charge in [0.05, 0.1) is 18.2 Å². The van der Waals surface area contributed by atoms with Crippen molar-refractivity contribution in [3.63, 3.8) is 0 Å². The quantitative estimate of drug-likeness (QED) is 0.332. The molecule has 4 atom stereocenters. The number of hydrogen-bond donors (Lipinski definition) is 3. The van der Waals surface area contributed by atoms with Crippen LogP contribution in [0.3, 0.4) is 0 Å². The first-order valence-corrected chi connectivity index (χ1v) is 17.3. The summed E-state index contributed by atoms with van der Waals surface area (Å²) in [6.07, 6.45) is -0.264. The van der Waals surface area contributed by atoms with Crippen LogP contribution >= 0.6 is 11.6 Å². The van der Waals surface area contributed by atoms with Crippen LogP contribution in [0.5, 0.6) is 0 Å². The van der Waals surface area contributed by atoms with Crippen molar-refractivity contribution in [3.05, 3.63) is 59.1 Å². The molecule has 11 nitrogen and oxygen atoms in total. The maximum Gasteiger partial charge on any atom is 0.410 e. The van der Waals surface area contributed by atoms with Crippen LogP contribution in [-0.4, -0.2) is 94.9 Å². The maximum absolute atomic E-state index is 14.0. The zero-order valence-corrected chi connectivity index (χ0v) is 30.4. The number of aliphatic hydroxyl groups is 1. The molecule has 2 aromatic rings. The summed E-state index contributed by atoms with van der Waals surface area (Å²) in [5.41, 5.74) is 1.46. The average molecular weight is 699 g/mol. The molecule has 49 heavy (non-hydrogen) atoms. The van der Waals surface area contributed by atoms with Gasteiger partial charge < -0.3 is 35.0 Å². The average Bonchev–Trinajstić information content (AvgIpc) is 3.43. The Labute approximate surface area is 294 Å². The van der Waals surface area contributed by atoms with Crippen molar-refractivity contribution in [2.75, 3.05) is 26.2 Å². The number of benzene rings is 2. The van der Waals surface area contributed by atoms with Gasteiger partial charge in [0.25, 0.3) is 0 Å². The fraction of sp³-hybridized carbons (Fsp3) is 0.568. The molecule has 0 bridgehead atoms. The van der Waals surface area contributed by atoms with Crippen LogP contribution in [0.25, 0.3) is 11.1 Å². The number of ether oxygens (including phenoxy) is 2. The summed E-state index contributed by atoms with van der Waals surface area (Å²) in [7, 11) is 0. The van der Waals surface area contributed by atoms with Crippen molar-refractivity contribution >= 4 is 35.4 Å². The van der Waals surface area contributed by atoms with Gasteiger partial charge in [-0.1, -0.05) is 74.8 Å². The van der Waals surface area contributed by atoms with E-state index in [-0.39, 0.29) is 43.7 Å². The monoisotopic (exact) mass is 698 g/mol. The van der Waals surface area contributed by atoms with E-state index in [9.17, 15) is 24.3 Å². The summed E-state index contributed by atoms with van der Waals surface area (Å²) in [4.78, 5) is 56.0. The zero-order chi connectivity index (χ0) is 36.1. The minimum atomic E-state index is -0.965. The molecule has 12 heteroatoms. The van der Waals surface area contributed by atoms with E-state index >= 15 is 0 Å². The third kappa shape index (κ3) is 10.4. The number of piperidine rings is 1. The molecule has 2 fully saturated rings. The third-order valence-electron chi connectivity index (χ3n) is 8.78. The lowest BCUT2D eigenvalue weighted by molar-refractivity contribution is -0.145. The molecule has 0 spiro atoms. The number of β-amino-alcohol motifs (C(OH)–C–C–N with tert-alkyl or cyclic N) is 1. The lowest BCUT2D eigenvalue weighted by Crippen LogP contribution is -2.58. The van der Waals surface area contributed by atoms with Gasteiger partial charge in [-0.05, 0) is 63.1 Å². The van der Waals surface area contributed by atoms with Crippen molar-refractivity contribution in [1.82, 2.24) is 20.4 Å². The topological polar surface area (TPSA) is 138 Å². The Morgan fingerprint density at radius 1 is 0.959 bits per heavy atom. The fourth-order valence-corrected chi connectivity index (χ4v) is 6.33. The SMILES string of the molecule is C[C@H](NC(=O)[C@@H]1C[C@@H](O)CN1C(=O)[C@@H](NC(=O)COC1CCN(C(=O)OC(C)(C)C)CC1)C(C)(C)C)c1ccc(-c2ccccc2Cl)cc1. The Hall–Kier alpha value is -3.67. The van der Waals surface area contributed by atoms with Gasteiger partial charge in [-0.25, -0.2) is 4.79 Å². The van der Waals surface area contributed by atoms with Crippen LogP contribution in [0, 0.1) is 5.41 Å². The molecular weight excluding hydrogens is 648 g/mol. The molecule has 2 heterocycles. The predicted octanol–water partition coefficient (Wildman–Crippen LogP) is 5.09. The van der Waals surface area contributed by atoms with Gasteiger partial charge in [-0.3, -0.25) is 14.4 Å². The van der Waals surface area contributed by atoms with Gasteiger partial charge in [0.1, 0.15) is 24.3 Å². The Balaban J connectivity index is 1.33. The Kier molecular flexibility index (Phi) is 12.4. The number of halogens is 1. The number of carbonyl (C=O) groups excluding carboxylic acids is 4. The summed E-state index contributed by atoms with van der Waals surface area (Å²) < 4.78 is 11.3. The molecule has 2 aliphatic rings. The van der Waals surface area contributed by atoms with E-state index in [4.69, 9.17) is 21.1 Å². The van der Waals surface area contributed by atoms with Crippen LogP contribution < -0.4 is 10.6 Å². The van der Waals surface area contributed by atoms with Crippen LogP contribution in [0.2, 0.25) is 5.02 Å². The zero-order valence-electron chi connectivity index (χ0n) is 29.6. The highest BCUT2D eigenvalue weighted by Crippen LogP contribution is 2.30. The number of carbonyl (C=O) groups is 4. The van der Waals surface area contributed by atoms with Gasteiger partial charge in [-0.2, -0.15) is 0 Å². The summed E-state index contributed by atoms with van der Waals surface area (Å²) in [6.45, 7) is 13.5. The molecule has 4 amide bonds. The summed E-state index contributed by atoms with van der Waals surface area (Å²) in [5.74, 6) is -1.29. The minimum Gasteiger partial charge on any atom is -0.444 e. The second kappa shape index (κ2) is 15.9. The van der Waals surface area contributed by atoms with E-state index < -0.39 is 41.0 Å². The van der Waals surface area contributed by atoms with Crippen LogP contribution in [0.4, 0.5) is 4.79 Å². The first-order chi connectivity index (χ1) is 22.9. The molecule has 2 aromatic carbocycles. The van der Waals surface area contributed by atoms with Crippen molar-refractivity contribution in [2.24, 2.45) is 5.41 Å². The van der Waals surface area contributed by atoms with E-state index in [2.05, 4.69) is 10.6 Å². The van der Waals surface area contributed by atoms with E-state index in [1.54, 1.807) is 4.90 Å². The maximum atomic E-state index is 14.0. The van der Waals surface area contributed by atoms with Gasteiger partial charge in [0.15, 0.2) is 0 Å². The number of aliphatic hydroxyl groups excluding tert-OH is 1. The Morgan fingerprint density at radius 3 is 2.18 bits per heavy atom. The standard InChI is InChI=1S/C37H51ClN4O7/c1-23(24-12-14-25(15-13-24)28-10-8-9-11-29(28)38)39-33(45)30-20-26(43)21-42(30)34(46)32(36(2,3)4)40-31(44)22-48-27-16-18-41(19-17-27)35(47)49-37(5,6)7/h8-15,23,26-27,30,32,43H,16-22H2,1-7H3,(H,39,45)(H,40,44)/t23-,26+,30-,32+/m0/s1. The molecular formula is C37H51ClN4O7. The van der Waals surface area contributed by atoms with Crippen LogP contribution in [0.1, 0.15) is 79.3 Å². The lowest BCUT2D eigenvalue weighted by atomic mass is 9.85. The summed E-state index contributed by atoms with van der Waals surface area (Å²) >= 11 is 6.35. The fourth-order valence-electron chi connectivity index (χ4n) is 6.09. The molecule has 2 saturated heterocycles. The van der Waals surface area contributed by atoms with Gasteiger partial charge in [0.2, 0.25) is 17.7 Å². The van der Waals surface area contributed by atoms with E-state index in [1.807, 2.05) is 97.0 Å². The second-order valence-electron chi connectivity index (χ2n) is 15.1. The van der Waals surface area contributed by atoms with Crippen molar-refractivity contribution in [2.45, 2.75) is 104 Å². The first-order valence-electron chi connectivity index (χ1n) is 17.0. The van der Waals surface area contributed by atoms with E-state index in [0.29, 0.717) is 31.0 Å². The van der Waals surface area contributed by atoms with E-state index in [0.717, 1.165) is 16.7 Å². The molecule has 0 saturated carbocycles. The number of amides is 4.